The van der Waals surface area contributed by atoms with E-state index in [-0.39, 0.29) is 17.7 Å². The third kappa shape index (κ3) is 5.95. The molecule has 0 unspecified atom stereocenters. The van der Waals surface area contributed by atoms with Gasteiger partial charge in [0, 0.05) is 17.3 Å². The number of carbonyl (C=O) groups is 2. The van der Waals surface area contributed by atoms with Gasteiger partial charge < -0.3 is 16.4 Å². The van der Waals surface area contributed by atoms with E-state index in [1.54, 1.807) is 24.3 Å². The average Bonchev–Trinajstić information content (AvgIpc) is 2.38. The monoisotopic (exact) mass is 291 g/mol. The zero-order valence-corrected chi connectivity index (χ0v) is 13.1. The summed E-state index contributed by atoms with van der Waals surface area (Å²) in [5.74, 6) is -0.00357. The van der Waals surface area contributed by atoms with Crippen LogP contribution in [0, 0.1) is 11.8 Å². The van der Waals surface area contributed by atoms with E-state index in [1.165, 1.54) is 0 Å². The second-order valence-corrected chi connectivity index (χ2v) is 5.95. The van der Waals surface area contributed by atoms with Crippen LogP contribution in [0.1, 0.15) is 34.1 Å². The number of amides is 2. The number of nitrogens with one attached hydrogen (secondary N) is 2. The molecule has 1 atom stereocenters. The zero-order valence-electron chi connectivity index (χ0n) is 13.1. The lowest BCUT2D eigenvalue weighted by molar-refractivity contribution is -0.119. The highest BCUT2D eigenvalue weighted by atomic mass is 16.2. The van der Waals surface area contributed by atoms with E-state index in [2.05, 4.69) is 10.6 Å². The van der Waals surface area contributed by atoms with Gasteiger partial charge in [-0.15, -0.1) is 0 Å². The number of carbonyl (C=O) groups excluding carboxylic acids is 2. The fourth-order valence-electron chi connectivity index (χ4n) is 1.81. The van der Waals surface area contributed by atoms with E-state index in [4.69, 9.17) is 5.73 Å². The second kappa shape index (κ2) is 7.78. The molecule has 5 nitrogen and oxygen atoms in total. The van der Waals surface area contributed by atoms with Crippen molar-refractivity contribution in [3.8, 4) is 0 Å². The Labute approximate surface area is 126 Å². The molecule has 0 saturated carbocycles. The van der Waals surface area contributed by atoms with Gasteiger partial charge in [0.1, 0.15) is 0 Å². The number of benzene rings is 1. The Hall–Kier alpha value is -1.88. The standard InChI is InChI=1S/C16H25N3O2/c1-10(2)8-14(17)16(21)19-13-7-5-6-12(9-13)18-15(20)11(3)4/h5-7,9-11,14H,8,17H2,1-4H3,(H,18,20)(H,19,21)/t14-/m1/s1. The first kappa shape index (κ1) is 17.2. The summed E-state index contributed by atoms with van der Waals surface area (Å²) in [6.45, 7) is 7.70. The maximum Gasteiger partial charge on any atom is 0.241 e. The molecule has 0 radical (unpaired) electrons. The first-order chi connectivity index (χ1) is 9.79. The molecule has 0 spiro atoms. The molecule has 0 aliphatic heterocycles. The number of anilines is 2. The number of nitrogens with two attached hydrogens (primary N) is 1. The fourth-order valence-corrected chi connectivity index (χ4v) is 1.81. The first-order valence-corrected chi connectivity index (χ1v) is 7.27. The fraction of sp³-hybridized carbons (Fsp3) is 0.500. The number of rotatable bonds is 6. The Morgan fingerprint density at radius 2 is 1.57 bits per heavy atom. The van der Waals surface area contributed by atoms with Crippen LogP contribution in [0.25, 0.3) is 0 Å². The number of hydrogen-bond donors (Lipinski definition) is 3. The highest BCUT2D eigenvalue weighted by Crippen LogP contribution is 2.16. The summed E-state index contributed by atoms with van der Waals surface area (Å²) >= 11 is 0. The summed E-state index contributed by atoms with van der Waals surface area (Å²) in [4.78, 5) is 23.6. The van der Waals surface area contributed by atoms with Crippen molar-refractivity contribution in [2.75, 3.05) is 10.6 Å². The largest absolute Gasteiger partial charge is 0.326 e. The summed E-state index contributed by atoms with van der Waals surface area (Å²) in [5, 5.41) is 5.57. The molecule has 5 heteroatoms. The Balaban J connectivity index is 2.68. The highest BCUT2D eigenvalue weighted by Gasteiger charge is 2.15. The quantitative estimate of drug-likeness (QED) is 0.753. The van der Waals surface area contributed by atoms with Crippen LogP contribution < -0.4 is 16.4 Å². The molecule has 0 aliphatic rings. The molecular weight excluding hydrogens is 266 g/mol. The molecule has 0 aliphatic carbocycles. The molecule has 4 N–H and O–H groups in total. The molecule has 2 amide bonds. The van der Waals surface area contributed by atoms with Crippen molar-refractivity contribution in [1.29, 1.82) is 0 Å². The summed E-state index contributed by atoms with van der Waals surface area (Å²) in [6.07, 6.45) is 0.635. The summed E-state index contributed by atoms with van der Waals surface area (Å²) in [6, 6.07) is 6.52. The molecule has 0 heterocycles. The van der Waals surface area contributed by atoms with Crippen LogP contribution in [0.5, 0.6) is 0 Å². The van der Waals surface area contributed by atoms with Crippen LogP contribution >= 0.6 is 0 Å². The van der Waals surface area contributed by atoms with Crippen LogP contribution in [0.3, 0.4) is 0 Å². The van der Waals surface area contributed by atoms with E-state index < -0.39 is 6.04 Å². The maximum atomic E-state index is 12.0. The minimum Gasteiger partial charge on any atom is -0.326 e. The van der Waals surface area contributed by atoms with E-state index >= 15 is 0 Å². The van der Waals surface area contributed by atoms with Crippen molar-refractivity contribution in [1.82, 2.24) is 0 Å². The molecule has 21 heavy (non-hydrogen) atoms. The minimum absolute atomic E-state index is 0.0602. The molecule has 116 valence electrons. The normalized spacial score (nSPS) is 12.3. The molecule has 0 aromatic heterocycles. The van der Waals surface area contributed by atoms with E-state index in [9.17, 15) is 9.59 Å². The summed E-state index contributed by atoms with van der Waals surface area (Å²) in [5.41, 5.74) is 7.12. The van der Waals surface area contributed by atoms with Gasteiger partial charge >= 0.3 is 0 Å². The molecule has 0 saturated heterocycles. The van der Waals surface area contributed by atoms with Crippen LogP contribution in [0.2, 0.25) is 0 Å². The van der Waals surface area contributed by atoms with Gasteiger partial charge in [-0.2, -0.15) is 0 Å². The molecular formula is C16H25N3O2. The Bertz CT molecular complexity index is 498. The van der Waals surface area contributed by atoms with Crippen LogP contribution in [0.4, 0.5) is 11.4 Å². The third-order valence-corrected chi connectivity index (χ3v) is 2.98. The summed E-state index contributed by atoms with van der Waals surface area (Å²) < 4.78 is 0. The lowest BCUT2D eigenvalue weighted by Crippen LogP contribution is -2.36. The van der Waals surface area contributed by atoms with Gasteiger partial charge in [-0.1, -0.05) is 33.8 Å². The Kier molecular flexibility index (Phi) is 6.37. The van der Waals surface area contributed by atoms with Gasteiger partial charge in [-0.05, 0) is 30.5 Å². The van der Waals surface area contributed by atoms with Crippen molar-refractivity contribution in [3.05, 3.63) is 24.3 Å². The van der Waals surface area contributed by atoms with Gasteiger partial charge in [0.25, 0.3) is 0 Å². The molecule has 0 bridgehead atoms. The van der Waals surface area contributed by atoms with Crippen LogP contribution in [0.15, 0.2) is 24.3 Å². The van der Waals surface area contributed by atoms with Crippen molar-refractivity contribution in [2.45, 2.75) is 40.2 Å². The van der Waals surface area contributed by atoms with E-state index in [0.29, 0.717) is 23.7 Å². The third-order valence-electron chi connectivity index (χ3n) is 2.98. The van der Waals surface area contributed by atoms with Crippen molar-refractivity contribution in [3.63, 3.8) is 0 Å². The van der Waals surface area contributed by atoms with Gasteiger partial charge in [0.15, 0.2) is 0 Å². The van der Waals surface area contributed by atoms with E-state index in [1.807, 2.05) is 27.7 Å². The smallest absolute Gasteiger partial charge is 0.241 e. The van der Waals surface area contributed by atoms with Crippen molar-refractivity contribution < 1.29 is 9.59 Å². The molecule has 1 aromatic carbocycles. The molecule has 1 aromatic rings. The predicted octanol–water partition coefficient (Wildman–Crippen LogP) is 2.59. The zero-order chi connectivity index (χ0) is 16.0. The van der Waals surface area contributed by atoms with Crippen LogP contribution in [-0.2, 0) is 9.59 Å². The van der Waals surface area contributed by atoms with E-state index in [0.717, 1.165) is 0 Å². The SMILES string of the molecule is CC(C)C[C@@H](N)C(=O)Nc1cccc(NC(=O)C(C)C)c1. The molecule has 1 rings (SSSR count). The highest BCUT2D eigenvalue weighted by molar-refractivity contribution is 5.96. The predicted molar refractivity (Wildman–Crippen MR) is 86.0 cm³/mol. The van der Waals surface area contributed by atoms with Gasteiger partial charge in [-0.25, -0.2) is 0 Å². The Morgan fingerprint density at radius 1 is 1.05 bits per heavy atom. The lowest BCUT2D eigenvalue weighted by atomic mass is 10.0. The average molecular weight is 291 g/mol. The maximum absolute atomic E-state index is 12.0. The lowest BCUT2D eigenvalue weighted by Gasteiger charge is -2.15. The van der Waals surface area contributed by atoms with Gasteiger partial charge in [-0.3, -0.25) is 9.59 Å². The number of hydrogen-bond acceptors (Lipinski definition) is 3. The second-order valence-electron chi connectivity index (χ2n) is 5.95. The van der Waals surface area contributed by atoms with Crippen molar-refractivity contribution >= 4 is 23.2 Å². The van der Waals surface area contributed by atoms with Crippen molar-refractivity contribution in [2.24, 2.45) is 17.6 Å². The topological polar surface area (TPSA) is 84.2 Å². The van der Waals surface area contributed by atoms with Crippen LogP contribution in [-0.4, -0.2) is 17.9 Å². The summed E-state index contributed by atoms with van der Waals surface area (Å²) in [7, 11) is 0. The first-order valence-electron chi connectivity index (χ1n) is 7.27. The molecule has 0 fully saturated rings. The van der Waals surface area contributed by atoms with Gasteiger partial charge in [0.05, 0.1) is 6.04 Å². The van der Waals surface area contributed by atoms with Gasteiger partial charge in [0.2, 0.25) is 11.8 Å². The Morgan fingerprint density at radius 3 is 2.05 bits per heavy atom. The minimum atomic E-state index is -0.529.